The van der Waals surface area contributed by atoms with Crippen molar-refractivity contribution in [2.75, 3.05) is 19.8 Å². The molecule has 0 spiro atoms. The van der Waals surface area contributed by atoms with Crippen LogP contribution in [0, 0.1) is 5.82 Å². The smallest absolute Gasteiger partial charge is 0.419 e. The van der Waals surface area contributed by atoms with E-state index in [9.17, 15) is 17.6 Å². The lowest BCUT2D eigenvalue weighted by atomic mass is 9.93. The fraction of sp³-hybridized carbons (Fsp3) is 0.581. The lowest BCUT2D eigenvalue weighted by Crippen LogP contribution is -2.35. The first kappa shape index (κ1) is 35.5. The molecule has 0 aromatic heterocycles. The Morgan fingerprint density at radius 1 is 0.977 bits per heavy atom. The van der Waals surface area contributed by atoms with Crippen LogP contribution in [0.2, 0.25) is 5.02 Å². The van der Waals surface area contributed by atoms with Crippen molar-refractivity contribution >= 4 is 26.1 Å². The Hall–Kier alpha value is -1.97. The second-order valence-corrected chi connectivity index (χ2v) is 14.1. The predicted molar refractivity (Wildman–Crippen MR) is 161 cm³/mol. The normalized spacial score (nSPS) is 17.7. The van der Waals surface area contributed by atoms with Crippen LogP contribution in [0.1, 0.15) is 78.0 Å². The van der Waals surface area contributed by atoms with Crippen molar-refractivity contribution in [3.63, 3.8) is 0 Å². The molecule has 12 heteroatoms. The number of rotatable bonds is 13. The van der Waals surface area contributed by atoms with E-state index in [1.807, 2.05) is 41.5 Å². The summed E-state index contributed by atoms with van der Waals surface area (Å²) in [6, 6.07) is 8.25. The zero-order valence-electron chi connectivity index (χ0n) is 25.7. The highest BCUT2D eigenvalue weighted by Crippen LogP contribution is 2.48. The second-order valence-electron chi connectivity index (χ2n) is 12.6. The Morgan fingerprint density at radius 3 is 2.23 bits per heavy atom. The minimum absolute atomic E-state index is 0.0174. The summed E-state index contributed by atoms with van der Waals surface area (Å²) >= 11 is 5.92. The van der Waals surface area contributed by atoms with Crippen molar-refractivity contribution in [2.24, 2.45) is 4.99 Å². The van der Waals surface area contributed by atoms with Gasteiger partial charge in [0.25, 0.3) is 0 Å². The third-order valence-corrected chi connectivity index (χ3v) is 8.13. The first-order valence-electron chi connectivity index (χ1n) is 14.1. The maximum atomic E-state index is 14.0. The zero-order valence-corrected chi connectivity index (χ0v) is 27.4. The van der Waals surface area contributed by atoms with Gasteiger partial charge in [-0.25, -0.2) is 9.38 Å². The van der Waals surface area contributed by atoms with E-state index >= 15 is 0 Å². The van der Waals surface area contributed by atoms with E-state index in [-0.39, 0.29) is 32.0 Å². The number of hydrogen-bond donors (Lipinski definition) is 0. The maximum absolute atomic E-state index is 14.0. The van der Waals surface area contributed by atoms with Gasteiger partial charge >= 0.3 is 14.8 Å². The van der Waals surface area contributed by atoms with Gasteiger partial charge in [-0.05, 0) is 109 Å². The molecule has 0 saturated carbocycles. The molecule has 0 saturated heterocycles. The Morgan fingerprint density at radius 2 is 1.65 bits per heavy atom. The van der Waals surface area contributed by atoms with Crippen molar-refractivity contribution in [1.82, 2.24) is 0 Å². The molecule has 2 aromatic rings. The highest BCUT2D eigenvalue weighted by Gasteiger charge is 2.39. The Labute approximate surface area is 258 Å². The van der Waals surface area contributed by atoms with Crippen molar-refractivity contribution in [3.05, 3.63) is 63.9 Å². The SMILES string of the molecule is CC1=NC(CCc2ccc(OCCCc3cc(Cl)ccc3F)c(C(F)(F)F)c2)(COP(OC(C)(C)C)OC(C)(C)C)CO1. The number of ether oxygens (including phenoxy) is 2. The number of nitrogens with zero attached hydrogens (tertiary/aromatic N) is 1. The molecule has 240 valence electrons. The topological polar surface area (TPSA) is 58.5 Å². The van der Waals surface area contributed by atoms with Crippen molar-refractivity contribution in [2.45, 2.75) is 97.1 Å². The molecule has 0 fully saturated rings. The molecule has 43 heavy (non-hydrogen) atoms. The molecule has 1 aliphatic heterocycles. The summed E-state index contributed by atoms with van der Waals surface area (Å²) in [5, 5.41) is 0.392. The van der Waals surface area contributed by atoms with E-state index in [2.05, 4.69) is 4.99 Å². The minimum Gasteiger partial charge on any atom is -0.493 e. The molecule has 0 bridgehead atoms. The molecule has 0 radical (unpaired) electrons. The zero-order chi connectivity index (χ0) is 32.1. The molecule has 0 N–H and O–H groups in total. The van der Waals surface area contributed by atoms with Gasteiger partial charge < -0.3 is 23.0 Å². The molecule has 2 aromatic carbocycles. The quantitative estimate of drug-likeness (QED) is 0.123. The van der Waals surface area contributed by atoms with Gasteiger partial charge in [0, 0.05) is 11.9 Å². The lowest BCUT2D eigenvalue weighted by Gasteiger charge is -2.32. The molecular formula is C31H41ClF4NO5P. The minimum atomic E-state index is -4.62. The van der Waals surface area contributed by atoms with Crippen LogP contribution in [-0.2, 0) is 37.3 Å². The van der Waals surface area contributed by atoms with Gasteiger partial charge in [-0.3, -0.25) is 0 Å². The summed E-state index contributed by atoms with van der Waals surface area (Å²) < 4.78 is 85.3. The summed E-state index contributed by atoms with van der Waals surface area (Å²) in [6.45, 7) is 13.5. The third kappa shape index (κ3) is 11.8. The molecule has 1 unspecified atom stereocenters. The number of alkyl halides is 3. The third-order valence-electron chi connectivity index (χ3n) is 6.16. The number of aliphatic imine (C=N–C) groups is 1. The van der Waals surface area contributed by atoms with Crippen LogP contribution in [0.15, 0.2) is 41.4 Å². The van der Waals surface area contributed by atoms with Gasteiger partial charge in [0.05, 0.1) is 30.0 Å². The Balaban J connectivity index is 1.68. The average molecular weight is 650 g/mol. The molecular weight excluding hydrogens is 609 g/mol. The van der Waals surface area contributed by atoms with Crippen LogP contribution in [0.25, 0.3) is 0 Å². The van der Waals surface area contributed by atoms with Crippen LogP contribution < -0.4 is 4.74 Å². The van der Waals surface area contributed by atoms with E-state index in [1.54, 1.807) is 13.0 Å². The molecule has 1 heterocycles. The fourth-order valence-corrected chi connectivity index (χ4v) is 5.82. The molecule has 0 amide bonds. The number of benzene rings is 2. The predicted octanol–water partition coefficient (Wildman–Crippen LogP) is 9.50. The van der Waals surface area contributed by atoms with Crippen molar-refractivity contribution in [3.8, 4) is 5.75 Å². The van der Waals surface area contributed by atoms with Gasteiger partial charge in [0.1, 0.15) is 23.7 Å². The van der Waals surface area contributed by atoms with Gasteiger partial charge in [0.2, 0.25) is 0 Å². The summed E-state index contributed by atoms with van der Waals surface area (Å²) in [7, 11) is -1.73. The number of hydrogen-bond acceptors (Lipinski definition) is 6. The summed E-state index contributed by atoms with van der Waals surface area (Å²) in [4.78, 5) is 4.66. The highest BCUT2D eigenvalue weighted by molar-refractivity contribution is 7.41. The Bertz CT molecular complexity index is 1250. The van der Waals surface area contributed by atoms with Crippen LogP contribution in [0.3, 0.4) is 0 Å². The first-order chi connectivity index (χ1) is 19.8. The van der Waals surface area contributed by atoms with Gasteiger partial charge in [-0.1, -0.05) is 17.7 Å². The number of aryl methyl sites for hydroxylation is 2. The van der Waals surface area contributed by atoms with Gasteiger partial charge in [-0.15, -0.1) is 0 Å². The standard InChI is InChI=1S/C31H41ClF4NO5P/c1-21-37-30(19-39-21,20-40-43(41-28(2,3)4)42-29(5,6)7)15-14-22-10-13-27(25(17-22)31(34,35)36)38-16-8-9-23-18-24(32)11-12-26(23)33/h10-13,17-18H,8-9,14-16,19-20H2,1-7H3. The average Bonchev–Trinajstić information content (AvgIpc) is 3.25. The maximum Gasteiger partial charge on any atom is 0.419 e. The summed E-state index contributed by atoms with van der Waals surface area (Å²) in [5.74, 6) is -0.206. The first-order valence-corrected chi connectivity index (χ1v) is 15.6. The molecule has 6 nitrogen and oxygen atoms in total. The van der Waals surface area contributed by atoms with E-state index in [0.717, 1.165) is 6.07 Å². The van der Waals surface area contributed by atoms with Crippen LogP contribution in [-0.4, -0.2) is 42.5 Å². The largest absolute Gasteiger partial charge is 0.493 e. The summed E-state index contributed by atoms with van der Waals surface area (Å²) in [6.07, 6.45) is -3.36. The van der Waals surface area contributed by atoms with Crippen LogP contribution in [0.4, 0.5) is 17.6 Å². The van der Waals surface area contributed by atoms with Gasteiger partial charge in [-0.2, -0.15) is 13.2 Å². The molecule has 1 aliphatic rings. The van der Waals surface area contributed by atoms with E-state index in [4.69, 9.17) is 34.6 Å². The second kappa shape index (κ2) is 14.4. The van der Waals surface area contributed by atoms with E-state index in [0.29, 0.717) is 41.3 Å². The van der Waals surface area contributed by atoms with Crippen LogP contribution in [0.5, 0.6) is 5.75 Å². The molecule has 1 atom stereocenters. The monoisotopic (exact) mass is 649 g/mol. The fourth-order valence-electron chi connectivity index (χ4n) is 4.24. The van der Waals surface area contributed by atoms with Crippen molar-refractivity contribution < 1.29 is 40.6 Å². The number of halogens is 5. The lowest BCUT2D eigenvalue weighted by molar-refractivity contribution is -0.139. The van der Waals surface area contributed by atoms with Gasteiger partial charge in [0.15, 0.2) is 5.90 Å². The highest BCUT2D eigenvalue weighted by atomic mass is 35.5. The molecule has 0 aliphatic carbocycles. The summed E-state index contributed by atoms with van der Waals surface area (Å²) in [5.41, 5.74) is -1.85. The van der Waals surface area contributed by atoms with E-state index < -0.39 is 42.9 Å². The van der Waals surface area contributed by atoms with Crippen molar-refractivity contribution in [1.29, 1.82) is 0 Å². The van der Waals surface area contributed by atoms with Crippen LogP contribution >= 0.6 is 20.2 Å². The van der Waals surface area contributed by atoms with E-state index in [1.165, 1.54) is 24.3 Å². The Kier molecular flexibility index (Phi) is 11.9. The molecule has 3 rings (SSSR count).